The molecule has 0 aliphatic carbocycles. The lowest BCUT2D eigenvalue weighted by Crippen LogP contribution is -2.10. The van der Waals surface area contributed by atoms with Crippen LogP contribution in [0.15, 0.2) is 42.5 Å². The Labute approximate surface area is 121 Å². The van der Waals surface area contributed by atoms with Gasteiger partial charge >= 0.3 is 12.4 Å². The summed E-state index contributed by atoms with van der Waals surface area (Å²) in [6, 6.07) is 6.72. The predicted octanol–water partition coefficient (Wildman–Crippen LogP) is 4.88. The normalized spacial score (nSPS) is 12.5. The monoisotopic (exact) mass is 320 g/mol. The van der Waals surface area contributed by atoms with Gasteiger partial charge in [-0.15, -0.1) is 0 Å². The Morgan fingerprint density at radius 2 is 1.45 bits per heavy atom. The average molecular weight is 320 g/mol. The molecule has 7 heteroatoms. The van der Waals surface area contributed by atoms with E-state index < -0.39 is 35.6 Å². The zero-order valence-corrected chi connectivity index (χ0v) is 11.0. The number of hydrogen-bond donors (Lipinski definition) is 1. The SMILES string of the molecule is OCc1cccc(C(F)(F)F)c1-c1cccc(C(F)(F)F)c1. The predicted molar refractivity (Wildman–Crippen MR) is 67.8 cm³/mol. The summed E-state index contributed by atoms with van der Waals surface area (Å²) in [6.07, 6.45) is -9.41. The molecule has 0 spiro atoms. The zero-order chi connectivity index (χ0) is 16.5. The molecule has 0 saturated carbocycles. The first-order valence-electron chi connectivity index (χ1n) is 6.12. The topological polar surface area (TPSA) is 20.2 Å². The molecule has 0 aromatic heterocycles. The Morgan fingerprint density at radius 1 is 0.818 bits per heavy atom. The number of aliphatic hydroxyl groups is 1. The van der Waals surface area contributed by atoms with Crippen molar-refractivity contribution >= 4 is 0 Å². The largest absolute Gasteiger partial charge is 0.417 e. The lowest BCUT2D eigenvalue weighted by molar-refractivity contribution is -0.137. The van der Waals surface area contributed by atoms with Gasteiger partial charge in [-0.05, 0) is 34.9 Å². The van der Waals surface area contributed by atoms with Crippen molar-refractivity contribution in [1.29, 1.82) is 0 Å². The summed E-state index contributed by atoms with van der Waals surface area (Å²) in [5, 5.41) is 9.21. The second kappa shape index (κ2) is 5.64. The van der Waals surface area contributed by atoms with Crippen molar-refractivity contribution in [3.8, 4) is 11.1 Å². The van der Waals surface area contributed by atoms with Crippen molar-refractivity contribution in [3.63, 3.8) is 0 Å². The lowest BCUT2D eigenvalue weighted by Gasteiger charge is -2.17. The van der Waals surface area contributed by atoms with E-state index in [0.29, 0.717) is 6.07 Å². The first kappa shape index (κ1) is 16.4. The minimum atomic E-state index is -4.74. The Balaban J connectivity index is 2.71. The van der Waals surface area contributed by atoms with Gasteiger partial charge in [0.05, 0.1) is 17.7 Å². The highest BCUT2D eigenvalue weighted by atomic mass is 19.4. The van der Waals surface area contributed by atoms with Crippen LogP contribution in [0.1, 0.15) is 16.7 Å². The number of alkyl halides is 6. The molecule has 2 rings (SSSR count). The van der Waals surface area contributed by atoms with Crippen LogP contribution in [0.25, 0.3) is 11.1 Å². The van der Waals surface area contributed by atoms with Crippen LogP contribution in [0.2, 0.25) is 0 Å². The van der Waals surface area contributed by atoms with Crippen LogP contribution in [-0.4, -0.2) is 5.11 Å². The highest BCUT2D eigenvalue weighted by Crippen LogP contribution is 2.40. The van der Waals surface area contributed by atoms with E-state index in [1.54, 1.807) is 0 Å². The molecule has 0 saturated heterocycles. The first-order chi connectivity index (χ1) is 10.1. The van der Waals surface area contributed by atoms with Crippen LogP contribution < -0.4 is 0 Å². The van der Waals surface area contributed by atoms with Crippen molar-refractivity contribution in [3.05, 3.63) is 59.2 Å². The smallest absolute Gasteiger partial charge is 0.392 e. The third-order valence-electron chi connectivity index (χ3n) is 3.11. The van der Waals surface area contributed by atoms with Crippen LogP contribution in [0, 0.1) is 0 Å². The highest BCUT2D eigenvalue weighted by molar-refractivity contribution is 5.72. The maximum absolute atomic E-state index is 13.1. The summed E-state index contributed by atoms with van der Waals surface area (Å²) in [5.41, 5.74) is -2.91. The minimum Gasteiger partial charge on any atom is -0.392 e. The minimum absolute atomic E-state index is 0.0888. The van der Waals surface area contributed by atoms with Gasteiger partial charge in [0.1, 0.15) is 0 Å². The van der Waals surface area contributed by atoms with E-state index >= 15 is 0 Å². The number of benzene rings is 2. The second-order valence-corrected chi connectivity index (χ2v) is 4.57. The summed E-state index contributed by atoms with van der Waals surface area (Å²) in [7, 11) is 0. The van der Waals surface area contributed by atoms with Crippen LogP contribution in [0.5, 0.6) is 0 Å². The standard InChI is InChI=1S/C15H10F6O/c16-14(17,18)11-5-1-3-9(7-11)13-10(8-22)4-2-6-12(13)15(19,20)21/h1-7,22H,8H2. The molecular formula is C15H10F6O. The van der Waals surface area contributed by atoms with Crippen molar-refractivity contribution < 1.29 is 31.4 Å². The molecule has 0 atom stereocenters. The molecule has 0 fully saturated rings. The van der Waals surface area contributed by atoms with Gasteiger partial charge in [0.25, 0.3) is 0 Å². The molecule has 0 unspecified atom stereocenters. The fourth-order valence-corrected chi connectivity index (χ4v) is 2.16. The molecule has 1 N–H and O–H groups in total. The quantitative estimate of drug-likeness (QED) is 0.782. The molecule has 0 bridgehead atoms. The molecule has 0 aliphatic rings. The molecule has 22 heavy (non-hydrogen) atoms. The van der Waals surface area contributed by atoms with Gasteiger partial charge < -0.3 is 5.11 Å². The first-order valence-corrected chi connectivity index (χ1v) is 6.12. The molecule has 118 valence electrons. The third kappa shape index (κ3) is 3.24. The van der Waals surface area contributed by atoms with Crippen LogP contribution >= 0.6 is 0 Å². The van der Waals surface area contributed by atoms with E-state index in [2.05, 4.69) is 0 Å². The number of rotatable bonds is 2. The third-order valence-corrected chi connectivity index (χ3v) is 3.11. The van der Waals surface area contributed by atoms with Gasteiger partial charge in [-0.3, -0.25) is 0 Å². The summed E-state index contributed by atoms with van der Waals surface area (Å²) in [6.45, 7) is -0.713. The van der Waals surface area contributed by atoms with Gasteiger partial charge in [0.2, 0.25) is 0 Å². The number of hydrogen-bond acceptors (Lipinski definition) is 1. The van der Waals surface area contributed by atoms with Crippen LogP contribution in [0.4, 0.5) is 26.3 Å². The van der Waals surface area contributed by atoms with Crippen molar-refractivity contribution in [2.75, 3.05) is 0 Å². The fourth-order valence-electron chi connectivity index (χ4n) is 2.16. The zero-order valence-electron chi connectivity index (χ0n) is 11.0. The van der Waals surface area contributed by atoms with Gasteiger partial charge in [0, 0.05) is 0 Å². The molecule has 0 amide bonds. The van der Waals surface area contributed by atoms with Gasteiger partial charge in [0.15, 0.2) is 0 Å². The van der Waals surface area contributed by atoms with Crippen molar-refractivity contribution in [2.24, 2.45) is 0 Å². The van der Waals surface area contributed by atoms with Crippen LogP contribution in [-0.2, 0) is 19.0 Å². The molecule has 2 aromatic carbocycles. The van der Waals surface area contributed by atoms with Crippen molar-refractivity contribution in [2.45, 2.75) is 19.0 Å². The molecule has 2 aromatic rings. The number of halogens is 6. The molecule has 0 heterocycles. The Bertz CT molecular complexity index is 672. The van der Waals surface area contributed by atoms with Gasteiger partial charge in [-0.1, -0.05) is 24.3 Å². The van der Waals surface area contributed by atoms with E-state index in [-0.39, 0.29) is 11.1 Å². The van der Waals surface area contributed by atoms with E-state index in [9.17, 15) is 31.4 Å². The van der Waals surface area contributed by atoms with Crippen molar-refractivity contribution in [1.82, 2.24) is 0 Å². The van der Waals surface area contributed by atoms with Gasteiger partial charge in [-0.25, -0.2) is 0 Å². The van der Waals surface area contributed by atoms with Crippen LogP contribution in [0.3, 0.4) is 0 Å². The molecule has 1 nitrogen and oxygen atoms in total. The molecule has 0 radical (unpaired) electrons. The molecule has 0 aliphatic heterocycles. The summed E-state index contributed by atoms with van der Waals surface area (Å²) in [5.74, 6) is 0. The maximum Gasteiger partial charge on any atom is 0.417 e. The van der Waals surface area contributed by atoms with E-state index in [1.807, 2.05) is 0 Å². The fraction of sp³-hybridized carbons (Fsp3) is 0.200. The summed E-state index contributed by atoms with van der Waals surface area (Å²) < 4.78 is 77.4. The Hall–Kier alpha value is -2.02. The van der Waals surface area contributed by atoms with Gasteiger partial charge in [-0.2, -0.15) is 26.3 Å². The second-order valence-electron chi connectivity index (χ2n) is 4.57. The maximum atomic E-state index is 13.1. The highest BCUT2D eigenvalue weighted by Gasteiger charge is 2.35. The summed E-state index contributed by atoms with van der Waals surface area (Å²) in [4.78, 5) is 0. The summed E-state index contributed by atoms with van der Waals surface area (Å²) >= 11 is 0. The number of aliphatic hydroxyl groups excluding tert-OH is 1. The average Bonchev–Trinajstić information content (AvgIpc) is 2.44. The Kier molecular flexibility index (Phi) is 4.19. The van der Waals surface area contributed by atoms with E-state index in [0.717, 1.165) is 30.3 Å². The van der Waals surface area contributed by atoms with E-state index in [4.69, 9.17) is 0 Å². The van der Waals surface area contributed by atoms with E-state index in [1.165, 1.54) is 6.07 Å². The Morgan fingerprint density at radius 3 is 2.00 bits per heavy atom. The molecular weight excluding hydrogens is 310 g/mol. The lowest BCUT2D eigenvalue weighted by atomic mass is 9.93.